The van der Waals surface area contributed by atoms with Crippen molar-refractivity contribution in [1.82, 2.24) is 15.3 Å². The molecule has 2 N–H and O–H groups in total. The molecule has 0 saturated carbocycles. The SMILES string of the molecule is CCCOc1cc(NCCC(=O)NCC)ncn1. The van der Waals surface area contributed by atoms with Gasteiger partial charge in [-0.3, -0.25) is 4.79 Å². The number of ether oxygens (including phenoxy) is 1. The summed E-state index contributed by atoms with van der Waals surface area (Å²) in [5, 5.41) is 5.79. The van der Waals surface area contributed by atoms with Crippen molar-refractivity contribution >= 4 is 11.7 Å². The maximum absolute atomic E-state index is 11.2. The molecule has 0 aromatic carbocycles. The summed E-state index contributed by atoms with van der Waals surface area (Å²) < 4.78 is 5.39. The van der Waals surface area contributed by atoms with E-state index >= 15 is 0 Å². The fourth-order valence-corrected chi connectivity index (χ4v) is 1.31. The first-order chi connectivity index (χ1) is 8.76. The Hall–Kier alpha value is -1.85. The van der Waals surface area contributed by atoms with Crippen molar-refractivity contribution in [2.75, 3.05) is 25.0 Å². The second kappa shape index (κ2) is 8.27. The fourth-order valence-electron chi connectivity index (χ4n) is 1.31. The highest BCUT2D eigenvalue weighted by atomic mass is 16.5. The van der Waals surface area contributed by atoms with Crippen molar-refractivity contribution < 1.29 is 9.53 Å². The molecular weight excluding hydrogens is 232 g/mol. The maximum atomic E-state index is 11.2. The molecule has 1 rings (SSSR count). The van der Waals surface area contributed by atoms with Crippen molar-refractivity contribution in [2.45, 2.75) is 26.7 Å². The van der Waals surface area contributed by atoms with Gasteiger partial charge in [-0.1, -0.05) is 6.92 Å². The van der Waals surface area contributed by atoms with Gasteiger partial charge in [0.05, 0.1) is 6.61 Å². The van der Waals surface area contributed by atoms with Crippen molar-refractivity contribution in [3.63, 3.8) is 0 Å². The van der Waals surface area contributed by atoms with Crippen molar-refractivity contribution in [1.29, 1.82) is 0 Å². The lowest BCUT2D eigenvalue weighted by Gasteiger charge is -2.07. The standard InChI is InChI=1S/C12H20N4O2/c1-3-7-18-12-8-10(15-9-16-12)14-6-5-11(17)13-4-2/h8-9H,3-7H2,1-2H3,(H,13,17)(H,14,15,16). The third-order valence-corrected chi connectivity index (χ3v) is 2.13. The molecule has 6 nitrogen and oxygen atoms in total. The first-order valence-corrected chi connectivity index (χ1v) is 6.21. The Labute approximate surface area is 107 Å². The van der Waals surface area contributed by atoms with E-state index in [2.05, 4.69) is 20.6 Å². The van der Waals surface area contributed by atoms with Gasteiger partial charge in [-0.15, -0.1) is 0 Å². The summed E-state index contributed by atoms with van der Waals surface area (Å²) in [5.41, 5.74) is 0. The number of hydrogen-bond acceptors (Lipinski definition) is 5. The highest BCUT2D eigenvalue weighted by Gasteiger charge is 2.01. The van der Waals surface area contributed by atoms with E-state index in [4.69, 9.17) is 4.74 Å². The third kappa shape index (κ3) is 5.47. The normalized spacial score (nSPS) is 9.89. The van der Waals surface area contributed by atoms with E-state index < -0.39 is 0 Å². The molecule has 1 aromatic heterocycles. The Balaban J connectivity index is 2.35. The highest BCUT2D eigenvalue weighted by molar-refractivity contribution is 5.76. The predicted molar refractivity (Wildman–Crippen MR) is 69.6 cm³/mol. The second-order valence-corrected chi connectivity index (χ2v) is 3.72. The first kappa shape index (κ1) is 14.2. The van der Waals surface area contributed by atoms with E-state index in [1.165, 1.54) is 6.33 Å². The van der Waals surface area contributed by atoms with E-state index in [1.54, 1.807) is 6.07 Å². The Morgan fingerprint density at radius 3 is 2.94 bits per heavy atom. The largest absolute Gasteiger partial charge is 0.478 e. The average molecular weight is 252 g/mol. The predicted octanol–water partition coefficient (Wildman–Crippen LogP) is 1.20. The Bertz CT molecular complexity index is 371. The van der Waals surface area contributed by atoms with E-state index in [1.807, 2.05) is 13.8 Å². The molecule has 6 heteroatoms. The number of rotatable bonds is 8. The first-order valence-electron chi connectivity index (χ1n) is 6.21. The maximum Gasteiger partial charge on any atom is 0.221 e. The minimum absolute atomic E-state index is 0.0292. The number of amides is 1. The molecule has 0 aliphatic carbocycles. The highest BCUT2D eigenvalue weighted by Crippen LogP contribution is 2.10. The van der Waals surface area contributed by atoms with Crippen LogP contribution in [0.2, 0.25) is 0 Å². The van der Waals surface area contributed by atoms with Crippen LogP contribution in [0, 0.1) is 0 Å². The second-order valence-electron chi connectivity index (χ2n) is 3.72. The minimum atomic E-state index is 0.0292. The number of carbonyl (C=O) groups excluding carboxylic acids is 1. The molecule has 0 atom stereocenters. The summed E-state index contributed by atoms with van der Waals surface area (Å²) in [6.45, 7) is 5.76. The number of nitrogens with zero attached hydrogens (tertiary/aromatic N) is 2. The van der Waals surface area contributed by atoms with Crippen molar-refractivity contribution in [3.05, 3.63) is 12.4 Å². The van der Waals surface area contributed by atoms with Gasteiger partial charge in [0.15, 0.2) is 0 Å². The van der Waals surface area contributed by atoms with Crippen LogP contribution in [0.5, 0.6) is 5.88 Å². The van der Waals surface area contributed by atoms with Crippen LogP contribution in [0.3, 0.4) is 0 Å². The van der Waals surface area contributed by atoms with Crippen LogP contribution in [-0.4, -0.2) is 35.6 Å². The third-order valence-electron chi connectivity index (χ3n) is 2.13. The number of nitrogens with one attached hydrogen (secondary N) is 2. The summed E-state index contributed by atoms with van der Waals surface area (Å²) in [7, 11) is 0. The summed E-state index contributed by atoms with van der Waals surface area (Å²) in [5.74, 6) is 1.24. The lowest BCUT2D eigenvalue weighted by atomic mass is 10.4. The molecule has 0 fully saturated rings. The van der Waals surface area contributed by atoms with E-state index in [0.29, 0.717) is 37.8 Å². The summed E-state index contributed by atoms with van der Waals surface area (Å²) >= 11 is 0. The zero-order valence-electron chi connectivity index (χ0n) is 10.9. The van der Waals surface area contributed by atoms with Gasteiger partial charge in [0.25, 0.3) is 0 Å². The summed E-state index contributed by atoms with van der Waals surface area (Å²) in [6, 6.07) is 1.73. The van der Waals surface area contributed by atoms with Crippen LogP contribution in [0.25, 0.3) is 0 Å². The average Bonchev–Trinajstić information content (AvgIpc) is 2.37. The van der Waals surface area contributed by atoms with E-state index in [9.17, 15) is 4.79 Å². The molecule has 0 aliphatic heterocycles. The van der Waals surface area contributed by atoms with Crippen LogP contribution in [0.4, 0.5) is 5.82 Å². The lowest BCUT2D eigenvalue weighted by Crippen LogP contribution is -2.24. The van der Waals surface area contributed by atoms with Gasteiger partial charge in [0.2, 0.25) is 11.8 Å². The van der Waals surface area contributed by atoms with Gasteiger partial charge in [0, 0.05) is 25.6 Å². The fraction of sp³-hybridized carbons (Fsp3) is 0.583. The van der Waals surface area contributed by atoms with E-state index in [-0.39, 0.29) is 5.91 Å². The molecule has 0 spiro atoms. The zero-order valence-corrected chi connectivity index (χ0v) is 10.9. The molecule has 0 radical (unpaired) electrons. The van der Waals surface area contributed by atoms with Crippen LogP contribution in [0.1, 0.15) is 26.7 Å². The number of hydrogen-bond donors (Lipinski definition) is 2. The van der Waals surface area contributed by atoms with Crippen LogP contribution in [-0.2, 0) is 4.79 Å². The Morgan fingerprint density at radius 1 is 1.39 bits per heavy atom. The molecule has 1 amide bonds. The Morgan fingerprint density at radius 2 is 2.22 bits per heavy atom. The Kier molecular flexibility index (Phi) is 6.53. The van der Waals surface area contributed by atoms with Gasteiger partial charge >= 0.3 is 0 Å². The lowest BCUT2D eigenvalue weighted by molar-refractivity contribution is -0.120. The molecular formula is C12H20N4O2. The molecule has 18 heavy (non-hydrogen) atoms. The van der Waals surface area contributed by atoms with Gasteiger partial charge in [0.1, 0.15) is 12.1 Å². The number of anilines is 1. The summed E-state index contributed by atoms with van der Waals surface area (Å²) in [4.78, 5) is 19.3. The van der Waals surface area contributed by atoms with Crippen molar-refractivity contribution in [2.24, 2.45) is 0 Å². The molecule has 0 unspecified atom stereocenters. The van der Waals surface area contributed by atoms with Crippen molar-refractivity contribution in [3.8, 4) is 5.88 Å². The topological polar surface area (TPSA) is 76.1 Å². The molecule has 0 saturated heterocycles. The van der Waals surface area contributed by atoms with E-state index in [0.717, 1.165) is 6.42 Å². The van der Waals surface area contributed by atoms with Gasteiger partial charge in [-0.05, 0) is 13.3 Å². The molecule has 100 valence electrons. The van der Waals surface area contributed by atoms with Gasteiger partial charge in [-0.25, -0.2) is 9.97 Å². The molecule has 0 bridgehead atoms. The number of aromatic nitrogens is 2. The molecule has 1 aromatic rings. The monoisotopic (exact) mass is 252 g/mol. The molecule has 1 heterocycles. The summed E-state index contributed by atoms with van der Waals surface area (Å²) in [6.07, 6.45) is 2.80. The van der Waals surface area contributed by atoms with Gasteiger partial charge < -0.3 is 15.4 Å². The van der Waals surface area contributed by atoms with Gasteiger partial charge in [-0.2, -0.15) is 0 Å². The molecule has 0 aliphatic rings. The van der Waals surface area contributed by atoms with Crippen LogP contribution >= 0.6 is 0 Å². The van der Waals surface area contributed by atoms with Crippen LogP contribution < -0.4 is 15.4 Å². The smallest absolute Gasteiger partial charge is 0.221 e. The zero-order chi connectivity index (χ0) is 13.2. The minimum Gasteiger partial charge on any atom is -0.478 e. The van der Waals surface area contributed by atoms with Crippen LogP contribution in [0.15, 0.2) is 12.4 Å². The quantitative estimate of drug-likeness (QED) is 0.727. The number of carbonyl (C=O) groups is 1.